The highest BCUT2D eigenvalue weighted by molar-refractivity contribution is 5.47. The number of hydrogen-bond donors (Lipinski definition) is 0. The molecule has 1 aromatic heterocycles. The van der Waals surface area contributed by atoms with Gasteiger partial charge >= 0.3 is 18.3 Å². The van der Waals surface area contributed by atoms with Gasteiger partial charge in [-0.2, -0.15) is 32.2 Å². The van der Waals surface area contributed by atoms with Gasteiger partial charge in [0.15, 0.2) is 0 Å². The number of nitrogens with zero attached hydrogens (tertiary/aromatic N) is 4. The lowest BCUT2D eigenvalue weighted by atomic mass is 10.1. The fourth-order valence-electron chi connectivity index (χ4n) is 1.95. The van der Waals surface area contributed by atoms with Crippen LogP contribution in [0.15, 0.2) is 12.1 Å². The van der Waals surface area contributed by atoms with E-state index in [-0.39, 0.29) is 17.1 Å². The van der Waals surface area contributed by atoms with Gasteiger partial charge in [-0.25, -0.2) is 13.5 Å². The number of rotatable bonds is 4. The molecule has 26 heavy (non-hydrogen) atoms. The third-order valence-corrected chi connectivity index (χ3v) is 3.20. The molecule has 1 aromatic carbocycles. The molecule has 2 aromatic rings. The Morgan fingerprint density at radius 2 is 1.81 bits per heavy atom. The van der Waals surface area contributed by atoms with E-state index in [9.17, 15) is 30.7 Å². The van der Waals surface area contributed by atoms with Crippen LogP contribution in [-0.4, -0.2) is 33.2 Å². The lowest BCUT2D eigenvalue weighted by Gasteiger charge is -2.21. The third kappa shape index (κ3) is 3.71. The van der Waals surface area contributed by atoms with E-state index < -0.39 is 30.3 Å². The number of aromatic nitrogens is 3. The summed E-state index contributed by atoms with van der Waals surface area (Å²) in [7, 11) is 0. The maximum atomic E-state index is 14.1. The minimum atomic E-state index is -5.87. The van der Waals surface area contributed by atoms with Crippen molar-refractivity contribution in [2.45, 2.75) is 32.3 Å². The van der Waals surface area contributed by atoms with Crippen LogP contribution in [0, 0.1) is 31.0 Å². The van der Waals surface area contributed by atoms with Crippen molar-refractivity contribution in [1.29, 1.82) is 5.26 Å². The SMILES string of the molecule is Cc1cc(F)c(-n2nc(OC(F)(F)C(F)C(F)(F)F)nc2C)cc1C#N. The van der Waals surface area contributed by atoms with Gasteiger partial charge in [0.1, 0.15) is 17.3 Å². The first-order valence-corrected chi connectivity index (χ1v) is 6.78. The number of benzene rings is 1. The fourth-order valence-corrected chi connectivity index (χ4v) is 1.95. The first-order valence-electron chi connectivity index (χ1n) is 6.78. The van der Waals surface area contributed by atoms with Crippen molar-refractivity contribution in [3.05, 3.63) is 34.9 Å². The van der Waals surface area contributed by atoms with Crippen molar-refractivity contribution >= 4 is 0 Å². The summed E-state index contributed by atoms with van der Waals surface area (Å²) in [4.78, 5) is 3.32. The Morgan fingerprint density at radius 1 is 1.19 bits per heavy atom. The van der Waals surface area contributed by atoms with Crippen LogP contribution >= 0.6 is 0 Å². The zero-order valence-corrected chi connectivity index (χ0v) is 13.1. The number of alkyl halides is 6. The molecule has 0 saturated carbocycles. The molecule has 0 N–H and O–H groups in total. The molecule has 0 spiro atoms. The predicted molar refractivity (Wildman–Crippen MR) is 72.0 cm³/mol. The summed E-state index contributed by atoms with van der Waals surface area (Å²) in [6.07, 6.45) is -15.8. The van der Waals surface area contributed by atoms with E-state index in [2.05, 4.69) is 14.8 Å². The van der Waals surface area contributed by atoms with Gasteiger partial charge in [-0.05, 0) is 31.5 Å². The van der Waals surface area contributed by atoms with E-state index in [1.54, 1.807) is 6.07 Å². The van der Waals surface area contributed by atoms with E-state index >= 15 is 0 Å². The summed E-state index contributed by atoms with van der Waals surface area (Å²) in [6, 6.07) is 2.50. The van der Waals surface area contributed by atoms with Crippen LogP contribution in [0.5, 0.6) is 6.01 Å². The zero-order chi connectivity index (χ0) is 19.9. The minimum Gasteiger partial charge on any atom is -0.395 e. The summed E-state index contributed by atoms with van der Waals surface area (Å²) < 4.78 is 94.1. The molecule has 0 radical (unpaired) electrons. The van der Waals surface area contributed by atoms with E-state index in [1.165, 1.54) is 13.8 Å². The van der Waals surface area contributed by atoms with Crippen LogP contribution in [-0.2, 0) is 0 Å². The standard InChI is InChI=1S/C14H9F7N4O/c1-6-3-9(15)10(4-8(6)5-22)25-7(2)23-12(24-25)26-14(20,21)11(16)13(17,18)19/h3-4,11H,1-2H3. The van der Waals surface area contributed by atoms with Crippen molar-refractivity contribution in [3.8, 4) is 17.8 Å². The number of ether oxygens (including phenoxy) is 1. The zero-order valence-electron chi connectivity index (χ0n) is 13.1. The molecule has 0 saturated heterocycles. The molecule has 0 bridgehead atoms. The molecule has 12 heteroatoms. The molecule has 5 nitrogen and oxygen atoms in total. The van der Waals surface area contributed by atoms with Crippen molar-refractivity contribution < 1.29 is 35.5 Å². The molecular weight excluding hydrogens is 373 g/mol. The largest absolute Gasteiger partial charge is 0.441 e. The van der Waals surface area contributed by atoms with Crippen LogP contribution < -0.4 is 4.74 Å². The summed E-state index contributed by atoms with van der Waals surface area (Å²) in [5.41, 5.74) is -0.0344. The summed E-state index contributed by atoms with van der Waals surface area (Å²) in [5.74, 6) is -1.14. The topological polar surface area (TPSA) is 63.7 Å². The van der Waals surface area contributed by atoms with E-state index in [4.69, 9.17) is 5.26 Å². The van der Waals surface area contributed by atoms with Crippen LogP contribution in [0.1, 0.15) is 17.0 Å². The molecule has 140 valence electrons. The van der Waals surface area contributed by atoms with Gasteiger partial charge in [0.05, 0.1) is 11.6 Å². The Kier molecular flexibility index (Phi) is 4.85. The second kappa shape index (κ2) is 6.47. The first kappa shape index (κ1) is 19.5. The monoisotopic (exact) mass is 382 g/mol. The fraction of sp³-hybridized carbons (Fsp3) is 0.357. The van der Waals surface area contributed by atoms with Crippen molar-refractivity contribution in [2.24, 2.45) is 0 Å². The Labute approximate surface area is 141 Å². The van der Waals surface area contributed by atoms with E-state index in [0.29, 0.717) is 10.2 Å². The van der Waals surface area contributed by atoms with Gasteiger partial charge in [-0.15, -0.1) is 5.10 Å². The number of aryl methyl sites for hydroxylation is 2. The second-order valence-corrected chi connectivity index (χ2v) is 5.15. The van der Waals surface area contributed by atoms with Crippen molar-refractivity contribution in [1.82, 2.24) is 14.8 Å². The lowest BCUT2D eigenvalue weighted by molar-refractivity contribution is -0.306. The molecule has 1 atom stereocenters. The molecule has 0 aliphatic heterocycles. The normalized spacial score (nSPS) is 13.4. The van der Waals surface area contributed by atoms with Gasteiger partial charge in [0, 0.05) is 0 Å². The number of nitriles is 1. The van der Waals surface area contributed by atoms with Gasteiger partial charge < -0.3 is 4.74 Å². The second-order valence-electron chi connectivity index (χ2n) is 5.15. The summed E-state index contributed by atoms with van der Waals surface area (Å²) in [6.45, 7) is 2.62. The molecular formula is C14H9F7N4O. The number of halogens is 7. The Hall–Kier alpha value is -2.84. The average Bonchev–Trinajstić information content (AvgIpc) is 2.85. The first-order chi connectivity index (χ1) is 11.9. The highest BCUT2D eigenvalue weighted by Crippen LogP contribution is 2.36. The molecule has 0 aliphatic rings. The molecule has 0 aliphatic carbocycles. The maximum Gasteiger partial charge on any atom is 0.441 e. The van der Waals surface area contributed by atoms with Crippen LogP contribution in [0.2, 0.25) is 0 Å². The molecule has 0 fully saturated rings. The van der Waals surface area contributed by atoms with Crippen LogP contribution in [0.4, 0.5) is 30.7 Å². The van der Waals surface area contributed by atoms with Gasteiger partial charge in [0.2, 0.25) is 0 Å². The minimum absolute atomic E-state index is 0.0463. The smallest absolute Gasteiger partial charge is 0.395 e. The van der Waals surface area contributed by atoms with Crippen LogP contribution in [0.3, 0.4) is 0 Å². The predicted octanol–water partition coefficient (Wildman–Crippen LogP) is 3.77. The van der Waals surface area contributed by atoms with Gasteiger partial charge in [-0.3, -0.25) is 0 Å². The average molecular weight is 382 g/mol. The van der Waals surface area contributed by atoms with Crippen molar-refractivity contribution in [3.63, 3.8) is 0 Å². The highest BCUT2D eigenvalue weighted by atomic mass is 19.4. The third-order valence-electron chi connectivity index (χ3n) is 3.20. The van der Waals surface area contributed by atoms with E-state index in [0.717, 1.165) is 12.1 Å². The van der Waals surface area contributed by atoms with E-state index in [1.807, 2.05) is 0 Å². The summed E-state index contributed by atoms with van der Waals surface area (Å²) >= 11 is 0. The highest BCUT2D eigenvalue weighted by Gasteiger charge is 2.59. The molecule has 0 amide bonds. The van der Waals surface area contributed by atoms with Crippen LogP contribution in [0.25, 0.3) is 5.69 Å². The van der Waals surface area contributed by atoms with Gasteiger partial charge in [-0.1, -0.05) is 0 Å². The maximum absolute atomic E-state index is 14.1. The molecule has 2 rings (SSSR count). The quantitative estimate of drug-likeness (QED) is 0.756. The Balaban J connectivity index is 2.41. The van der Waals surface area contributed by atoms with Crippen molar-refractivity contribution in [2.75, 3.05) is 0 Å². The lowest BCUT2D eigenvalue weighted by Crippen LogP contribution is -2.45. The Bertz CT molecular complexity index is 869. The molecule has 1 unspecified atom stereocenters. The number of hydrogen-bond acceptors (Lipinski definition) is 4. The molecule has 1 heterocycles. The summed E-state index contributed by atoms with van der Waals surface area (Å²) in [5, 5.41) is 12.3. The van der Waals surface area contributed by atoms with Gasteiger partial charge in [0.25, 0.3) is 6.17 Å². The Morgan fingerprint density at radius 3 is 2.35 bits per heavy atom.